The van der Waals surface area contributed by atoms with Gasteiger partial charge in [-0.2, -0.15) is 0 Å². The lowest BCUT2D eigenvalue weighted by molar-refractivity contribution is 0.0432. The van der Waals surface area contributed by atoms with Crippen molar-refractivity contribution >= 4 is 22.8 Å². The van der Waals surface area contributed by atoms with Crippen LogP contribution in [0.2, 0.25) is 0 Å². The summed E-state index contributed by atoms with van der Waals surface area (Å²) in [4.78, 5) is 13.3. The second kappa shape index (κ2) is 11.4. The molecule has 0 amide bonds. The first-order valence-electron chi connectivity index (χ1n) is 13.7. The van der Waals surface area contributed by atoms with Gasteiger partial charge in [0.05, 0.1) is 26.4 Å². The van der Waals surface area contributed by atoms with Crippen LogP contribution in [-0.2, 0) is 10.3 Å². The third kappa shape index (κ3) is 4.86. The molecule has 5 aromatic carbocycles. The van der Waals surface area contributed by atoms with Crippen molar-refractivity contribution < 1.29 is 28.8 Å². The van der Waals surface area contributed by atoms with Crippen molar-refractivity contribution in [3.05, 3.63) is 131 Å². The van der Waals surface area contributed by atoms with E-state index in [9.17, 15) is 9.90 Å². The number of hydrogen-bond acceptors (Lipinski definition) is 6. The Labute approximate surface area is 244 Å². The van der Waals surface area contributed by atoms with Crippen molar-refractivity contribution in [3.8, 4) is 28.4 Å². The second-order valence-corrected chi connectivity index (χ2v) is 9.96. The SMILES string of the molecule is COc1ccc(C2(c3ccc(OC)cc3)C=Cc3c(C(=O)OCCO)cc4cc(-c5ccccc5)ccc4c3O2)cc1. The van der Waals surface area contributed by atoms with E-state index in [1.807, 2.05) is 103 Å². The number of carbonyl (C=O) groups excluding carboxylic acids is 1. The van der Waals surface area contributed by atoms with Gasteiger partial charge in [0.1, 0.15) is 23.9 Å². The fraction of sp³-hybridized carbons (Fsp3) is 0.139. The van der Waals surface area contributed by atoms with Crippen molar-refractivity contribution in [3.63, 3.8) is 0 Å². The molecule has 0 aliphatic carbocycles. The molecule has 0 spiro atoms. The third-order valence-electron chi connectivity index (χ3n) is 7.57. The molecule has 0 unspecified atom stereocenters. The molecule has 0 fully saturated rings. The smallest absolute Gasteiger partial charge is 0.338 e. The van der Waals surface area contributed by atoms with Crippen molar-refractivity contribution in [1.29, 1.82) is 0 Å². The highest BCUT2D eigenvalue weighted by atomic mass is 16.5. The number of benzene rings is 5. The Morgan fingerprint density at radius 3 is 2.02 bits per heavy atom. The minimum absolute atomic E-state index is 0.0953. The normalized spacial score (nSPS) is 13.2. The lowest BCUT2D eigenvalue weighted by atomic mass is 9.82. The molecule has 1 heterocycles. The molecular weight excluding hydrogens is 528 g/mol. The number of rotatable bonds is 8. The first kappa shape index (κ1) is 27.1. The molecule has 42 heavy (non-hydrogen) atoms. The number of methoxy groups -OCH3 is 2. The summed E-state index contributed by atoms with van der Waals surface area (Å²) in [6.45, 7) is -0.355. The Kier molecular flexibility index (Phi) is 7.38. The zero-order valence-electron chi connectivity index (χ0n) is 23.4. The van der Waals surface area contributed by atoms with Crippen LogP contribution in [0, 0.1) is 0 Å². The lowest BCUT2D eigenvalue weighted by Crippen LogP contribution is -2.34. The first-order valence-corrected chi connectivity index (χ1v) is 13.7. The molecule has 0 saturated heterocycles. The molecule has 6 heteroatoms. The van der Waals surface area contributed by atoms with E-state index in [-0.39, 0.29) is 13.2 Å². The van der Waals surface area contributed by atoms with Gasteiger partial charge in [-0.25, -0.2) is 4.79 Å². The summed E-state index contributed by atoms with van der Waals surface area (Å²) in [5, 5.41) is 11.0. The Balaban J connectivity index is 1.57. The number of fused-ring (bicyclic) bond motifs is 3. The fourth-order valence-corrected chi connectivity index (χ4v) is 5.41. The molecule has 6 rings (SSSR count). The number of carbonyl (C=O) groups is 1. The Morgan fingerprint density at radius 1 is 0.786 bits per heavy atom. The standard InChI is InChI=1S/C36H30O6/c1-39-29-13-9-27(10-14-29)36(28-11-15-30(40-2)16-12-28)19-18-32-33(35(38)41-21-20-37)23-26-22-25(24-6-4-3-5-7-24)8-17-31(26)34(32)42-36/h3-19,22-23,37H,20-21H2,1-2H3. The number of esters is 1. The zero-order valence-corrected chi connectivity index (χ0v) is 23.4. The second-order valence-electron chi connectivity index (χ2n) is 9.96. The maximum absolute atomic E-state index is 13.3. The van der Waals surface area contributed by atoms with Gasteiger partial charge in [-0.15, -0.1) is 0 Å². The van der Waals surface area contributed by atoms with Crippen molar-refractivity contribution in [1.82, 2.24) is 0 Å². The van der Waals surface area contributed by atoms with E-state index in [1.54, 1.807) is 14.2 Å². The predicted octanol–water partition coefficient (Wildman–Crippen LogP) is 7.02. The van der Waals surface area contributed by atoms with Gasteiger partial charge in [-0.05, 0) is 65.1 Å². The van der Waals surface area contributed by atoms with Gasteiger partial charge in [0.25, 0.3) is 0 Å². The predicted molar refractivity (Wildman–Crippen MR) is 163 cm³/mol. The van der Waals surface area contributed by atoms with Crippen LogP contribution in [0.4, 0.5) is 0 Å². The van der Waals surface area contributed by atoms with Crippen molar-refractivity contribution in [2.24, 2.45) is 0 Å². The third-order valence-corrected chi connectivity index (χ3v) is 7.57. The highest BCUT2D eigenvalue weighted by molar-refractivity contribution is 6.05. The van der Waals surface area contributed by atoms with Crippen molar-refractivity contribution in [2.75, 3.05) is 27.4 Å². The first-order chi connectivity index (χ1) is 20.6. The molecule has 0 bridgehead atoms. The molecule has 0 saturated carbocycles. The highest BCUT2D eigenvalue weighted by Crippen LogP contribution is 2.47. The fourth-order valence-electron chi connectivity index (χ4n) is 5.41. The van der Waals surface area contributed by atoms with Gasteiger partial charge >= 0.3 is 5.97 Å². The molecule has 1 aliphatic heterocycles. The van der Waals surface area contributed by atoms with Gasteiger partial charge in [0.15, 0.2) is 5.60 Å². The van der Waals surface area contributed by atoms with Crippen LogP contribution in [0.1, 0.15) is 27.0 Å². The highest BCUT2D eigenvalue weighted by Gasteiger charge is 2.39. The minimum atomic E-state index is -1.01. The molecule has 1 N–H and O–H groups in total. The molecule has 0 aromatic heterocycles. The van der Waals surface area contributed by atoms with E-state index >= 15 is 0 Å². The largest absolute Gasteiger partial charge is 0.497 e. The van der Waals surface area contributed by atoms with Gasteiger partial charge in [0, 0.05) is 22.1 Å². The summed E-state index contributed by atoms with van der Waals surface area (Å²) in [7, 11) is 3.27. The zero-order chi connectivity index (χ0) is 29.1. The van der Waals surface area contributed by atoms with Gasteiger partial charge in [-0.3, -0.25) is 0 Å². The number of aliphatic hydroxyl groups excluding tert-OH is 1. The average Bonchev–Trinajstić information content (AvgIpc) is 3.06. The van der Waals surface area contributed by atoms with Crippen LogP contribution in [0.25, 0.3) is 28.0 Å². The summed E-state index contributed by atoms with van der Waals surface area (Å²) >= 11 is 0. The monoisotopic (exact) mass is 558 g/mol. The molecular formula is C36H30O6. The van der Waals surface area contributed by atoms with Gasteiger partial charge < -0.3 is 24.1 Å². The quantitative estimate of drug-likeness (QED) is 0.206. The molecule has 5 aromatic rings. The van der Waals surface area contributed by atoms with Crippen LogP contribution < -0.4 is 14.2 Å². The van der Waals surface area contributed by atoms with E-state index in [2.05, 4.69) is 12.1 Å². The summed E-state index contributed by atoms with van der Waals surface area (Å²) < 4.78 is 23.3. The minimum Gasteiger partial charge on any atom is -0.497 e. The summed E-state index contributed by atoms with van der Waals surface area (Å²) in [6, 6.07) is 33.6. The van der Waals surface area contributed by atoms with Crippen LogP contribution in [-0.4, -0.2) is 38.5 Å². The Morgan fingerprint density at radius 2 is 1.43 bits per heavy atom. The van der Waals surface area contributed by atoms with Crippen LogP contribution in [0.15, 0.2) is 109 Å². The van der Waals surface area contributed by atoms with Gasteiger partial charge in [0.2, 0.25) is 0 Å². The molecule has 6 nitrogen and oxygen atoms in total. The molecule has 0 atom stereocenters. The topological polar surface area (TPSA) is 74.2 Å². The van der Waals surface area contributed by atoms with Crippen LogP contribution in [0.5, 0.6) is 17.2 Å². The summed E-state index contributed by atoms with van der Waals surface area (Å²) in [5.74, 6) is 1.51. The summed E-state index contributed by atoms with van der Waals surface area (Å²) in [6.07, 6.45) is 3.89. The average molecular weight is 559 g/mol. The Bertz CT molecular complexity index is 1710. The number of ether oxygens (including phenoxy) is 4. The molecule has 1 aliphatic rings. The maximum atomic E-state index is 13.3. The molecule has 210 valence electrons. The van der Waals surface area contributed by atoms with Gasteiger partial charge in [-0.1, -0.05) is 66.7 Å². The maximum Gasteiger partial charge on any atom is 0.338 e. The number of hydrogen-bond donors (Lipinski definition) is 1. The lowest BCUT2D eigenvalue weighted by Gasteiger charge is -2.37. The number of aliphatic hydroxyl groups is 1. The Hall–Kier alpha value is -5.07. The summed E-state index contributed by atoms with van der Waals surface area (Å²) in [5.41, 5.74) is 3.83. The van der Waals surface area contributed by atoms with E-state index in [4.69, 9.17) is 18.9 Å². The van der Waals surface area contributed by atoms with Crippen LogP contribution in [0.3, 0.4) is 0 Å². The van der Waals surface area contributed by atoms with E-state index in [0.717, 1.165) is 44.5 Å². The van der Waals surface area contributed by atoms with Crippen LogP contribution >= 0.6 is 0 Å². The van der Waals surface area contributed by atoms with Crippen molar-refractivity contribution in [2.45, 2.75) is 5.60 Å². The van der Waals surface area contributed by atoms with E-state index in [1.165, 1.54) is 0 Å². The molecule has 0 radical (unpaired) electrons. The van der Waals surface area contributed by atoms with E-state index in [0.29, 0.717) is 16.9 Å². The van der Waals surface area contributed by atoms with E-state index < -0.39 is 11.6 Å².